The van der Waals surface area contributed by atoms with E-state index in [1.165, 1.54) is 6.33 Å². The monoisotopic (exact) mass is 277 g/mol. The Morgan fingerprint density at radius 1 is 1.24 bits per heavy atom. The van der Waals surface area contributed by atoms with Crippen molar-refractivity contribution in [2.45, 2.75) is 0 Å². The van der Waals surface area contributed by atoms with E-state index in [0.717, 1.165) is 16.9 Å². The van der Waals surface area contributed by atoms with Crippen molar-refractivity contribution >= 4 is 23.2 Å². The summed E-state index contributed by atoms with van der Waals surface area (Å²) in [6.45, 7) is 4.62. The number of hydrogen-bond donors (Lipinski definition) is 1. The van der Waals surface area contributed by atoms with E-state index in [2.05, 4.69) is 27.0 Å². The van der Waals surface area contributed by atoms with Gasteiger partial charge >= 0.3 is 0 Å². The smallest absolute Gasteiger partial charge is 0.155 e. The zero-order chi connectivity index (χ0) is 14.5. The summed E-state index contributed by atoms with van der Waals surface area (Å²) < 4.78 is 1.71. The Bertz CT molecular complexity index is 773. The summed E-state index contributed by atoms with van der Waals surface area (Å²) >= 11 is 0. The lowest BCUT2D eigenvalue weighted by molar-refractivity contribution is 0.957. The van der Waals surface area contributed by atoms with Gasteiger partial charge in [0, 0.05) is 23.7 Å². The molecule has 1 aromatic carbocycles. The van der Waals surface area contributed by atoms with Crippen molar-refractivity contribution in [1.82, 2.24) is 14.6 Å². The number of nitrogens with zero attached hydrogens (tertiary/aromatic N) is 4. The van der Waals surface area contributed by atoms with Crippen LogP contribution >= 0.6 is 0 Å². The van der Waals surface area contributed by atoms with Crippen LogP contribution in [-0.4, -0.2) is 27.4 Å². The van der Waals surface area contributed by atoms with E-state index < -0.39 is 0 Å². The number of para-hydroxylation sites is 1. The summed E-state index contributed by atoms with van der Waals surface area (Å²) in [5, 5.41) is 7.36. The topological polar surface area (TPSA) is 54.6 Å². The lowest BCUT2D eigenvalue weighted by atomic mass is 10.2. The highest BCUT2D eigenvalue weighted by Crippen LogP contribution is 2.13. The number of pyridine rings is 1. The number of rotatable bonds is 5. The van der Waals surface area contributed by atoms with Crippen LogP contribution in [0.1, 0.15) is 5.56 Å². The lowest BCUT2D eigenvalue weighted by Crippen LogP contribution is -2.02. The van der Waals surface area contributed by atoms with Crippen LogP contribution < -0.4 is 5.32 Å². The van der Waals surface area contributed by atoms with Crippen molar-refractivity contribution in [3.05, 3.63) is 67.1 Å². The summed E-state index contributed by atoms with van der Waals surface area (Å²) in [5.41, 5.74) is 3.49. The maximum Gasteiger partial charge on any atom is 0.155 e. The first-order valence-electron chi connectivity index (χ1n) is 6.63. The molecule has 104 valence electrons. The van der Waals surface area contributed by atoms with E-state index in [4.69, 9.17) is 0 Å². The van der Waals surface area contributed by atoms with Gasteiger partial charge in [0.1, 0.15) is 6.33 Å². The van der Waals surface area contributed by atoms with Gasteiger partial charge in [0.15, 0.2) is 5.65 Å². The fourth-order valence-corrected chi connectivity index (χ4v) is 1.94. The molecular weight excluding hydrogens is 262 g/mol. The zero-order valence-corrected chi connectivity index (χ0v) is 11.5. The molecule has 21 heavy (non-hydrogen) atoms. The number of hydrogen-bond acceptors (Lipinski definition) is 4. The van der Waals surface area contributed by atoms with Crippen LogP contribution in [0.25, 0.3) is 11.3 Å². The zero-order valence-electron chi connectivity index (χ0n) is 11.5. The average molecular weight is 277 g/mol. The molecule has 0 fully saturated rings. The van der Waals surface area contributed by atoms with Crippen molar-refractivity contribution in [3.63, 3.8) is 0 Å². The molecule has 0 atom stereocenters. The molecule has 0 saturated heterocycles. The van der Waals surface area contributed by atoms with Crippen molar-refractivity contribution in [1.29, 1.82) is 0 Å². The van der Waals surface area contributed by atoms with Crippen molar-refractivity contribution in [3.8, 4) is 0 Å². The SMILES string of the molecule is C=C(N=CCNc1ccccc1)c1ccc2ncnn2c1. The summed E-state index contributed by atoms with van der Waals surface area (Å²) in [7, 11) is 0. The van der Waals surface area contributed by atoms with Crippen LogP contribution in [-0.2, 0) is 0 Å². The van der Waals surface area contributed by atoms with Crippen LogP contribution in [0.5, 0.6) is 0 Å². The van der Waals surface area contributed by atoms with E-state index in [0.29, 0.717) is 12.2 Å². The molecular formula is C16H15N5. The maximum absolute atomic E-state index is 4.36. The number of fused-ring (bicyclic) bond motifs is 1. The third kappa shape index (κ3) is 3.14. The van der Waals surface area contributed by atoms with Crippen molar-refractivity contribution < 1.29 is 0 Å². The van der Waals surface area contributed by atoms with E-state index in [1.807, 2.05) is 48.7 Å². The lowest BCUT2D eigenvalue weighted by Gasteiger charge is -2.03. The number of benzene rings is 1. The minimum absolute atomic E-state index is 0.647. The fraction of sp³-hybridized carbons (Fsp3) is 0.0625. The molecule has 3 rings (SSSR count). The highest BCUT2D eigenvalue weighted by atomic mass is 15.3. The Hall–Kier alpha value is -2.95. The summed E-state index contributed by atoms with van der Waals surface area (Å²) in [4.78, 5) is 8.46. The molecule has 0 saturated carbocycles. The highest BCUT2D eigenvalue weighted by Gasteiger charge is 2.00. The highest BCUT2D eigenvalue weighted by molar-refractivity contribution is 5.75. The van der Waals surface area contributed by atoms with E-state index in [9.17, 15) is 0 Å². The molecule has 0 unspecified atom stereocenters. The van der Waals surface area contributed by atoms with Crippen LogP contribution in [0.4, 0.5) is 5.69 Å². The third-order valence-corrected chi connectivity index (χ3v) is 3.03. The molecule has 1 N–H and O–H groups in total. The summed E-state index contributed by atoms with van der Waals surface area (Å²) in [6, 6.07) is 13.8. The van der Waals surface area contributed by atoms with Crippen molar-refractivity contribution in [2.24, 2.45) is 4.99 Å². The standard InChI is InChI=1S/C16H15N5/c1-13(14-7-8-16-19-12-20-21(16)11-14)17-9-10-18-15-5-3-2-4-6-15/h2-9,11-12,18H,1,10H2. The van der Waals surface area contributed by atoms with E-state index >= 15 is 0 Å². The molecule has 2 aromatic heterocycles. The average Bonchev–Trinajstić information content (AvgIpc) is 3.00. The van der Waals surface area contributed by atoms with Gasteiger partial charge in [-0.2, -0.15) is 5.10 Å². The largest absolute Gasteiger partial charge is 0.380 e. The summed E-state index contributed by atoms with van der Waals surface area (Å²) in [5.74, 6) is 0. The Kier molecular flexibility index (Phi) is 3.73. The Morgan fingerprint density at radius 3 is 2.95 bits per heavy atom. The number of nitrogens with one attached hydrogen (secondary N) is 1. The first kappa shape index (κ1) is 13.1. The molecule has 5 nitrogen and oxygen atoms in total. The van der Waals surface area contributed by atoms with Crippen molar-refractivity contribution in [2.75, 3.05) is 11.9 Å². The molecule has 0 aliphatic rings. The van der Waals surface area contributed by atoms with Gasteiger partial charge in [-0.05, 0) is 24.3 Å². The van der Waals surface area contributed by atoms with Crippen LogP contribution in [0.3, 0.4) is 0 Å². The molecule has 0 bridgehead atoms. The van der Waals surface area contributed by atoms with Crippen LogP contribution in [0.2, 0.25) is 0 Å². The van der Waals surface area contributed by atoms with Gasteiger partial charge in [-0.3, -0.25) is 4.99 Å². The Labute approximate surface area is 122 Å². The van der Waals surface area contributed by atoms with Gasteiger partial charge in [-0.15, -0.1) is 0 Å². The number of anilines is 1. The molecule has 0 amide bonds. The fourth-order valence-electron chi connectivity index (χ4n) is 1.94. The minimum Gasteiger partial charge on any atom is -0.380 e. The van der Waals surface area contributed by atoms with Crippen LogP contribution in [0.15, 0.2) is 66.6 Å². The molecule has 0 radical (unpaired) electrons. The van der Waals surface area contributed by atoms with Gasteiger partial charge < -0.3 is 5.32 Å². The quantitative estimate of drug-likeness (QED) is 0.730. The van der Waals surface area contributed by atoms with Gasteiger partial charge in [0.25, 0.3) is 0 Å². The Balaban J connectivity index is 1.61. The maximum atomic E-state index is 4.36. The molecule has 5 heteroatoms. The molecule has 0 spiro atoms. The molecule has 2 heterocycles. The predicted octanol–water partition coefficient (Wildman–Crippen LogP) is 2.88. The van der Waals surface area contributed by atoms with Gasteiger partial charge in [-0.25, -0.2) is 9.50 Å². The number of aliphatic imine (C=N–C) groups is 1. The molecule has 0 aliphatic heterocycles. The first-order chi connectivity index (χ1) is 10.3. The van der Waals surface area contributed by atoms with Gasteiger partial charge in [0.2, 0.25) is 0 Å². The second-order valence-electron chi connectivity index (χ2n) is 4.49. The predicted molar refractivity (Wildman–Crippen MR) is 85.4 cm³/mol. The summed E-state index contributed by atoms with van der Waals surface area (Å²) in [6.07, 6.45) is 5.20. The van der Waals surface area contributed by atoms with Crippen LogP contribution in [0, 0.1) is 0 Å². The normalized spacial score (nSPS) is 11.0. The van der Waals surface area contributed by atoms with Gasteiger partial charge in [0.05, 0.1) is 12.2 Å². The second-order valence-corrected chi connectivity index (χ2v) is 4.49. The van der Waals surface area contributed by atoms with E-state index in [1.54, 1.807) is 10.7 Å². The third-order valence-electron chi connectivity index (χ3n) is 3.03. The first-order valence-corrected chi connectivity index (χ1v) is 6.63. The van der Waals surface area contributed by atoms with Gasteiger partial charge in [-0.1, -0.05) is 24.8 Å². The second kappa shape index (κ2) is 6.00. The Morgan fingerprint density at radius 2 is 2.10 bits per heavy atom. The molecule has 0 aliphatic carbocycles. The molecule has 3 aromatic rings. The number of aromatic nitrogens is 3. The van der Waals surface area contributed by atoms with E-state index in [-0.39, 0.29) is 0 Å². The minimum atomic E-state index is 0.647.